The average Bonchev–Trinajstić information content (AvgIpc) is 3.39. The molecule has 4 N–H and O–H groups in total. The fraction of sp³-hybridized carbons (Fsp3) is 0.346. The molecule has 0 spiro atoms. The number of rotatable bonds is 10. The Morgan fingerprint density at radius 3 is 2.69 bits per heavy atom. The molecule has 1 amide bonds. The summed E-state index contributed by atoms with van der Waals surface area (Å²) in [4.78, 5) is 42.4. The number of amides is 1. The highest BCUT2D eigenvalue weighted by Gasteiger charge is 2.22. The molecule has 0 bridgehead atoms. The van der Waals surface area contributed by atoms with E-state index in [1.165, 1.54) is 16.6 Å². The largest absolute Gasteiger partial charge is 0.467 e. The Morgan fingerprint density at radius 1 is 1.14 bits per heavy atom. The summed E-state index contributed by atoms with van der Waals surface area (Å²) in [6.07, 6.45) is 8.87. The molecule has 0 saturated carbocycles. The molecule has 0 saturated heterocycles. The molecule has 0 fully saturated rings. The van der Waals surface area contributed by atoms with E-state index in [1.54, 1.807) is 23.3 Å². The minimum Gasteiger partial charge on any atom is -0.467 e. The van der Waals surface area contributed by atoms with Gasteiger partial charge >= 0.3 is 5.69 Å². The second-order valence-electron chi connectivity index (χ2n) is 8.70. The van der Waals surface area contributed by atoms with Crippen LogP contribution >= 0.6 is 0 Å². The van der Waals surface area contributed by atoms with E-state index in [1.807, 2.05) is 30.3 Å². The monoisotopic (exact) mass is 477 g/mol. The maximum atomic E-state index is 12.9. The predicted octanol–water partition coefficient (Wildman–Crippen LogP) is 2.77. The molecule has 0 atom stereocenters. The Morgan fingerprint density at radius 2 is 1.97 bits per heavy atom. The first-order valence-electron chi connectivity index (χ1n) is 11.9. The summed E-state index contributed by atoms with van der Waals surface area (Å²) in [5.74, 6) is 0.392. The number of benzene rings is 1. The van der Waals surface area contributed by atoms with Crippen LogP contribution in [0.3, 0.4) is 0 Å². The molecule has 4 rings (SSSR count). The lowest BCUT2D eigenvalue weighted by Gasteiger charge is -2.26. The van der Waals surface area contributed by atoms with Crippen LogP contribution in [0.5, 0.6) is 0 Å². The Hall–Kier alpha value is -4.01. The Labute approximate surface area is 203 Å². The number of nitrogens with one attached hydrogen (secondary N) is 2. The third-order valence-corrected chi connectivity index (χ3v) is 6.18. The Bertz CT molecular complexity index is 1280. The highest BCUT2D eigenvalue weighted by atomic mass is 16.3. The summed E-state index contributed by atoms with van der Waals surface area (Å²) in [6, 6.07) is 12.9. The third-order valence-electron chi connectivity index (χ3n) is 6.18. The quantitative estimate of drug-likeness (QED) is 0.386. The van der Waals surface area contributed by atoms with Gasteiger partial charge in [-0.15, -0.1) is 0 Å². The minimum atomic E-state index is -0.603. The van der Waals surface area contributed by atoms with E-state index in [9.17, 15) is 14.4 Å². The van der Waals surface area contributed by atoms with Gasteiger partial charge in [0.2, 0.25) is 5.91 Å². The molecule has 9 heteroatoms. The number of furan rings is 1. The number of aromatic nitrogens is 2. The zero-order valence-electron chi connectivity index (χ0n) is 19.7. The van der Waals surface area contributed by atoms with E-state index in [0.717, 1.165) is 24.8 Å². The highest BCUT2D eigenvalue weighted by Crippen LogP contribution is 2.23. The predicted molar refractivity (Wildman–Crippen MR) is 135 cm³/mol. The van der Waals surface area contributed by atoms with Gasteiger partial charge in [0.05, 0.1) is 25.9 Å². The number of nitrogen functional groups attached to an aromatic ring is 1. The zero-order chi connectivity index (χ0) is 24.6. The molecule has 1 aliphatic carbocycles. The average molecular weight is 478 g/mol. The molecule has 0 radical (unpaired) electrons. The molecule has 1 aliphatic rings. The van der Waals surface area contributed by atoms with Crippen molar-refractivity contribution in [3.05, 3.63) is 92.5 Å². The number of carbonyl (C=O) groups excluding carboxylic acids is 1. The van der Waals surface area contributed by atoms with Crippen LogP contribution in [0.1, 0.15) is 43.4 Å². The van der Waals surface area contributed by atoms with Crippen LogP contribution in [0.25, 0.3) is 0 Å². The lowest BCUT2D eigenvalue weighted by atomic mass is 9.97. The van der Waals surface area contributed by atoms with Crippen LogP contribution < -0.4 is 27.2 Å². The van der Waals surface area contributed by atoms with Gasteiger partial charge in [0, 0.05) is 6.54 Å². The fourth-order valence-corrected chi connectivity index (χ4v) is 4.31. The summed E-state index contributed by atoms with van der Waals surface area (Å²) in [5, 5.41) is 2.82. The van der Waals surface area contributed by atoms with Gasteiger partial charge in [-0.3, -0.25) is 19.1 Å². The van der Waals surface area contributed by atoms with Gasteiger partial charge in [-0.2, -0.15) is 0 Å². The van der Waals surface area contributed by atoms with Crippen molar-refractivity contribution in [2.24, 2.45) is 0 Å². The number of nitrogens with two attached hydrogens (primary N) is 1. The lowest BCUT2D eigenvalue weighted by Crippen LogP contribution is -2.43. The van der Waals surface area contributed by atoms with Gasteiger partial charge in [0.1, 0.15) is 17.3 Å². The summed E-state index contributed by atoms with van der Waals surface area (Å²) < 4.78 is 6.61. The normalized spacial score (nSPS) is 13.3. The molecular weight excluding hydrogens is 446 g/mol. The van der Waals surface area contributed by atoms with E-state index in [2.05, 4.69) is 16.4 Å². The second-order valence-corrected chi connectivity index (χ2v) is 8.70. The highest BCUT2D eigenvalue weighted by molar-refractivity contribution is 5.82. The van der Waals surface area contributed by atoms with Gasteiger partial charge in [-0.05, 0) is 49.8 Å². The molecule has 184 valence electrons. The van der Waals surface area contributed by atoms with Gasteiger partial charge < -0.3 is 20.4 Å². The molecule has 0 aliphatic heterocycles. The van der Waals surface area contributed by atoms with E-state index >= 15 is 0 Å². The summed E-state index contributed by atoms with van der Waals surface area (Å²) >= 11 is 0. The van der Waals surface area contributed by atoms with Crippen LogP contribution in [0.4, 0.5) is 11.5 Å². The van der Waals surface area contributed by atoms with Crippen molar-refractivity contribution in [1.82, 2.24) is 14.9 Å². The maximum absolute atomic E-state index is 12.9. The van der Waals surface area contributed by atoms with Gasteiger partial charge in [-0.1, -0.05) is 42.0 Å². The molecule has 3 aromatic rings. The molecule has 0 unspecified atom stereocenters. The zero-order valence-corrected chi connectivity index (χ0v) is 19.7. The number of nitrogens with zero attached hydrogens (tertiary/aromatic N) is 2. The number of H-pyrrole nitrogens is 1. The van der Waals surface area contributed by atoms with Crippen molar-refractivity contribution < 1.29 is 9.21 Å². The Balaban J connectivity index is 1.60. The number of hydrogen-bond donors (Lipinski definition) is 3. The van der Waals surface area contributed by atoms with E-state index in [-0.39, 0.29) is 37.0 Å². The van der Waals surface area contributed by atoms with Crippen LogP contribution in [-0.4, -0.2) is 28.5 Å². The van der Waals surface area contributed by atoms with Crippen LogP contribution in [0.2, 0.25) is 0 Å². The first-order chi connectivity index (χ1) is 17.0. The van der Waals surface area contributed by atoms with Crippen molar-refractivity contribution in [3.63, 3.8) is 0 Å². The lowest BCUT2D eigenvalue weighted by molar-refractivity contribution is -0.120. The molecule has 2 heterocycles. The minimum absolute atomic E-state index is 0.0408. The van der Waals surface area contributed by atoms with Crippen LogP contribution in [-0.2, 0) is 17.9 Å². The van der Waals surface area contributed by atoms with Crippen molar-refractivity contribution in [2.75, 3.05) is 23.7 Å². The summed E-state index contributed by atoms with van der Waals surface area (Å²) in [6.45, 7) is 0.796. The van der Waals surface area contributed by atoms with Crippen molar-refractivity contribution in [2.45, 2.75) is 45.2 Å². The molecule has 9 nitrogen and oxygen atoms in total. The first-order valence-corrected chi connectivity index (χ1v) is 11.9. The number of aromatic amines is 1. The first kappa shape index (κ1) is 24.1. The fourth-order valence-electron chi connectivity index (χ4n) is 4.31. The van der Waals surface area contributed by atoms with Crippen LogP contribution in [0.15, 0.2) is 74.4 Å². The number of allylic oxidation sites excluding steroid dienone is 1. The van der Waals surface area contributed by atoms with E-state index in [4.69, 9.17) is 10.2 Å². The molecular formula is C26H31N5O4. The number of hydrogen-bond acceptors (Lipinski definition) is 6. The Kier molecular flexibility index (Phi) is 7.87. The number of anilines is 2. The molecule has 2 aromatic heterocycles. The second kappa shape index (κ2) is 11.4. The van der Waals surface area contributed by atoms with Gasteiger partial charge in [0.15, 0.2) is 0 Å². The third kappa shape index (κ3) is 6.32. The SMILES string of the molecule is Nc1c(N(CCC2=CCCCC2)CC(=O)NCc2ccco2)c(=O)[nH]c(=O)n1Cc1ccccc1. The van der Waals surface area contributed by atoms with Gasteiger partial charge in [-0.25, -0.2) is 4.79 Å². The summed E-state index contributed by atoms with van der Waals surface area (Å²) in [5.41, 5.74) is 7.53. The smallest absolute Gasteiger partial charge is 0.330 e. The number of carbonyl (C=O) groups is 1. The van der Waals surface area contributed by atoms with Crippen LogP contribution in [0, 0.1) is 0 Å². The molecule has 35 heavy (non-hydrogen) atoms. The van der Waals surface area contributed by atoms with Crippen molar-refractivity contribution >= 4 is 17.4 Å². The maximum Gasteiger partial charge on any atom is 0.330 e. The van der Waals surface area contributed by atoms with E-state index in [0.29, 0.717) is 18.7 Å². The van der Waals surface area contributed by atoms with Crippen molar-refractivity contribution in [1.29, 1.82) is 0 Å². The van der Waals surface area contributed by atoms with Crippen molar-refractivity contribution in [3.8, 4) is 0 Å². The van der Waals surface area contributed by atoms with E-state index < -0.39 is 11.2 Å². The standard InChI is InChI=1S/C26H31N5O4/c27-24-23(25(33)29-26(34)31(24)17-20-10-5-2-6-11-20)30(14-13-19-8-3-1-4-9-19)18-22(32)28-16-21-12-7-15-35-21/h2,5-8,10-12,15H,1,3-4,9,13-14,16-18,27H2,(H,28,32)(H,29,33,34). The molecule has 1 aromatic carbocycles. The van der Waals surface area contributed by atoms with Gasteiger partial charge in [0.25, 0.3) is 5.56 Å². The summed E-state index contributed by atoms with van der Waals surface area (Å²) in [7, 11) is 0. The topological polar surface area (TPSA) is 126 Å².